The van der Waals surface area contributed by atoms with E-state index in [1.165, 1.54) is 6.07 Å². The molecule has 1 N–H and O–H groups in total. The van der Waals surface area contributed by atoms with Crippen molar-refractivity contribution in [1.29, 1.82) is 0 Å². The van der Waals surface area contributed by atoms with Crippen molar-refractivity contribution in [2.75, 3.05) is 0 Å². The van der Waals surface area contributed by atoms with E-state index in [-0.39, 0.29) is 30.0 Å². The van der Waals surface area contributed by atoms with Crippen LogP contribution in [-0.4, -0.2) is 29.4 Å². The number of ether oxygens (including phenoxy) is 2. The summed E-state index contributed by atoms with van der Waals surface area (Å²) >= 11 is 0. The fraction of sp³-hybridized carbons (Fsp3) is 0.684. The van der Waals surface area contributed by atoms with Crippen LogP contribution in [0, 0.1) is 11.3 Å². The van der Waals surface area contributed by atoms with E-state index in [1.807, 2.05) is 27.7 Å². The largest absolute Gasteiger partial charge is 0.458 e. The first-order chi connectivity index (χ1) is 11.7. The maximum absolute atomic E-state index is 12.7. The molecule has 6 nitrogen and oxygen atoms in total. The molecule has 2 saturated heterocycles. The number of carbonyl (C=O) groups is 1. The summed E-state index contributed by atoms with van der Waals surface area (Å²) in [6.07, 6.45) is -1.08. The van der Waals surface area contributed by atoms with Crippen LogP contribution < -0.4 is 5.63 Å². The Morgan fingerprint density at radius 3 is 2.68 bits per heavy atom. The number of hydrogen-bond acceptors (Lipinski definition) is 6. The monoisotopic (exact) mass is 346 g/mol. The third-order valence-electron chi connectivity index (χ3n) is 6.91. The Labute approximate surface area is 145 Å². The van der Waals surface area contributed by atoms with Gasteiger partial charge in [0.25, 0.3) is 0 Å². The van der Waals surface area contributed by atoms with E-state index in [0.29, 0.717) is 17.7 Å². The summed E-state index contributed by atoms with van der Waals surface area (Å²) in [5.74, 6) is -0.0944. The second-order valence-electron chi connectivity index (χ2n) is 8.70. The molecule has 0 unspecified atom stereocenters. The van der Waals surface area contributed by atoms with Gasteiger partial charge in [-0.15, -0.1) is 0 Å². The zero-order valence-corrected chi connectivity index (χ0v) is 14.7. The average molecular weight is 346 g/mol. The second kappa shape index (κ2) is 4.35. The van der Waals surface area contributed by atoms with Crippen LogP contribution in [0.3, 0.4) is 0 Å². The SMILES string of the molecule is CC(C)c1oc(=O)cc2c1[C@@H](O)[C@H]1OC(=O)[C@@]3(C)C[C@H]4O[C@H]4[C@@]2(C)[C@@H]13. The molecule has 0 radical (unpaired) electrons. The molecule has 1 aromatic heterocycles. The molecule has 4 aliphatic rings. The van der Waals surface area contributed by atoms with Crippen LogP contribution >= 0.6 is 0 Å². The smallest absolute Gasteiger partial charge is 0.336 e. The normalized spacial score (nSPS) is 46.3. The lowest BCUT2D eigenvalue weighted by Gasteiger charge is -2.50. The molecule has 6 heteroatoms. The van der Waals surface area contributed by atoms with Gasteiger partial charge in [-0.1, -0.05) is 20.8 Å². The van der Waals surface area contributed by atoms with Gasteiger partial charge in [-0.3, -0.25) is 4.79 Å². The number of esters is 1. The van der Waals surface area contributed by atoms with Gasteiger partial charge in [-0.05, 0) is 18.9 Å². The van der Waals surface area contributed by atoms with Gasteiger partial charge in [0.05, 0.1) is 17.6 Å². The third kappa shape index (κ3) is 1.63. The summed E-state index contributed by atoms with van der Waals surface area (Å²) in [6, 6.07) is 1.48. The Bertz CT molecular complexity index is 856. The van der Waals surface area contributed by atoms with Gasteiger partial charge in [0, 0.05) is 28.9 Å². The molecule has 0 spiro atoms. The molecule has 3 heterocycles. The van der Waals surface area contributed by atoms with Crippen molar-refractivity contribution < 1.29 is 23.8 Å². The molecular formula is C19H22O6. The number of carbonyl (C=O) groups excluding carboxylic acids is 1. The first kappa shape index (κ1) is 15.6. The number of aliphatic hydroxyl groups is 1. The van der Waals surface area contributed by atoms with Crippen LogP contribution in [0.1, 0.15) is 63.0 Å². The average Bonchev–Trinajstić information content (AvgIpc) is 3.25. The van der Waals surface area contributed by atoms with Crippen molar-refractivity contribution >= 4 is 5.97 Å². The standard InChI is InChI=1S/C19H22O6/c1-7(2)13-11-8(5-10(20)24-13)19(4)15-14(12(11)21)25-17(22)18(15,3)6-9-16(19)23-9/h5,7,9,12,14-16,21H,6H2,1-4H3/t9-,12-,14-,15+,16-,18+,19-/m1/s1. The number of fused-ring (bicyclic) bond motifs is 4. The minimum Gasteiger partial charge on any atom is -0.458 e. The van der Waals surface area contributed by atoms with Crippen molar-refractivity contribution in [2.24, 2.45) is 11.3 Å². The molecule has 2 aliphatic carbocycles. The molecule has 0 aromatic carbocycles. The molecule has 25 heavy (non-hydrogen) atoms. The highest BCUT2D eigenvalue weighted by Crippen LogP contribution is 2.68. The fourth-order valence-corrected chi connectivity index (χ4v) is 5.88. The zero-order chi connectivity index (χ0) is 17.9. The Balaban J connectivity index is 1.84. The first-order valence-electron chi connectivity index (χ1n) is 8.92. The molecule has 2 aliphatic heterocycles. The number of aliphatic hydroxyl groups excluding tert-OH is 1. The van der Waals surface area contributed by atoms with E-state index in [4.69, 9.17) is 13.9 Å². The maximum Gasteiger partial charge on any atom is 0.336 e. The van der Waals surface area contributed by atoms with E-state index >= 15 is 0 Å². The van der Waals surface area contributed by atoms with Crippen molar-refractivity contribution in [1.82, 2.24) is 0 Å². The predicted octanol–water partition coefficient (Wildman–Crippen LogP) is 1.79. The lowest BCUT2D eigenvalue weighted by molar-refractivity contribution is -0.151. The highest BCUT2D eigenvalue weighted by molar-refractivity contribution is 5.81. The summed E-state index contributed by atoms with van der Waals surface area (Å²) in [7, 11) is 0. The number of rotatable bonds is 1. The van der Waals surface area contributed by atoms with Crippen LogP contribution in [0.4, 0.5) is 0 Å². The zero-order valence-electron chi connectivity index (χ0n) is 14.7. The van der Waals surface area contributed by atoms with Crippen molar-refractivity contribution in [2.45, 2.75) is 69.9 Å². The molecule has 1 aromatic rings. The topological polar surface area (TPSA) is 89.3 Å². The van der Waals surface area contributed by atoms with Crippen LogP contribution in [0.15, 0.2) is 15.3 Å². The van der Waals surface area contributed by atoms with Crippen LogP contribution in [0.5, 0.6) is 0 Å². The van der Waals surface area contributed by atoms with Crippen molar-refractivity contribution in [3.63, 3.8) is 0 Å². The van der Waals surface area contributed by atoms with Gasteiger partial charge in [-0.2, -0.15) is 0 Å². The maximum atomic E-state index is 12.7. The lowest BCUT2D eigenvalue weighted by Crippen LogP contribution is -2.57. The van der Waals surface area contributed by atoms with Gasteiger partial charge in [-0.25, -0.2) is 4.79 Å². The van der Waals surface area contributed by atoms with Crippen molar-refractivity contribution in [3.8, 4) is 0 Å². The molecule has 134 valence electrons. The second-order valence-corrected chi connectivity index (χ2v) is 8.70. The van der Waals surface area contributed by atoms with Gasteiger partial charge in [0.2, 0.25) is 0 Å². The van der Waals surface area contributed by atoms with E-state index < -0.39 is 28.7 Å². The van der Waals surface area contributed by atoms with E-state index in [1.54, 1.807) is 0 Å². The Morgan fingerprint density at radius 1 is 1.28 bits per heavy atom. The van der Waals surface area contributed by atoms with Gasteiger partial charge < -0.3 is 19.0 Å². The summed E-state index contributed by atoms with van der Waals surface area (Å²) in [5, 5.41) is 11.1. The number of hydrogen-bond donors (Lipinski definition) is 1. The number of epoxide rings is 1. The molecule has 0 amide bonds. The van der Waals surface area contributed by atoms with E-state index in [2.05, 4.69) is 0 Å². The van der Waals surface area contributed by atoms with Gasteiger partial charge in [0.1, 0.15) is 18.0 Å². The summed E-state index contributed by atoms with van der Waals surface area (Å²) < 4.78 is 17.1. The lowest BCUT2D eigenvalue weighted by atomic mass is 9.49. The minimum absolute atomic E-state index is 0.00427. The fourth-order valence-electron chi connectivity index (χ4n) is 5.88. The Hall–Kier alpha value is -1.66. The summed E-state index contributed by atoms with van der Waals surface area (Å²) in [6.45, 7) is 7.79. The van der Waals surface area contributed by atoms with Gasteiger partial charge in [0.15, 0.2) is 0 Å². The van der Waals surface area contributed by atoms with Crippen LogP contribution in [0.2, 0.25) is 0 Å². The first-order valence-corrected chi connectivity index (χ1v) is 8.92. The van der Waals surface area contributed by atoms with Crippen LogP contribution in [-0.2, 0) is 19.7 Å². The molecule has 5 rings (SSSR count). The highest BCUT2D eigenvalue weighted by atomic mass is 16.6. The minimum atomic E-state index is -0.990. The molecule has 3 fully saturated rings. The third-order valence-corrected chi connectivity index (χ3v) is 6.91. The molecular weight excluding hydrogens is 324 g/mol. The van der Waals surface area contributed by atoms with E-state index in [9.17, 15) is 14.7 Å². The summed E-state index contributed by atoms with van der Waals surface area (Å²) in [4.78, 5) is 24.9. The van der Waals surface area contributed by atoms with E-state index in [0.717, 1.165) is 5.56 Å². The van der Waals surface area contributed by atoms with Crippen molar-refractivity contribution in [3.05, 3.63) is 33.4 Å². The van der Waals surface area contributed by atoms with Crippen LogP contribution in [0.25, 0.3) is 0 Å². The summed E-state index contributed by atoms with van der Waals surface area (Å²) in [5.41, 5.74) is -0.319. The molecule has 0 bridgehead atoms. The molecule has 1 saturated carbocycles. The Morgan fingerprint density at radius 2 is 2.00 bits per heavy atom. The predicted molar refractivity (Wildman–Crippen MR) is 86.1 cm³/mol. The van der Waals surface area contributed by atoms with Gasteiger partial charge >= 0.3 is 11.6 Å². The Kier molecular flexibility index (Phi) is 2.71. The highest BCUT2D eigenvalue weighted by Gasteiger charge is 2.76. The quantitative estimate of drug-likeness (QED) is 0.616. The molecule has 7 atom stereocenters.